The van der Waals surface area contributed by atoms with E-state index in [9.17, 15) is 14.7 Å². The highest BCUT2D eigenvalue weighted by Crippen LogP contribution is 2.37. The first-order valence-corrected chi connectivity index (χ1v) is 7.99. The topological polar surface area (TPSA) is 72.9 Å². The van der Waals surface area contributed by atoms with E-state index >= 15 is 0 Å². The molecule has 1 unspecified atom stereocenters. The van der Waals surface area contributed by atoms with Crippen molar-refractivity contribution in [3.8, 4) is 0 Å². The largest absolute Gasteiger partial charge is 0.481 e. The third-order valence-electron chi connectivity index (χ3n) is 5.05. The van der Waals surface area contributed by atoms with E-state index in [-0.39, 0.29) is 12.6 Å². The maximum Gasteiger partial charge on any atom is 0.317 e. The third-order valence-corrected chi connectivity index (χ3v) is 5.05. The van der Waals surface area contributed by atoms with Gasteiger partial charge < -0.3 is 15.3 Å². The van der Waals surface area contributed by atoms with Crippen LogP contribution in [0.4, 0.5) is 4.79 Å². The maximum atomic E-state index is 12.3. The average Bonchev–Trinajstić information content (AvgIpc) is 2.95. The molecule has 2 fully saturated rings. The number of carbonyl (C=O) groups excluding carboxylic acids is 1. The maximum absolute atomic E-state index is 12.3. The number of amides is 2. The summed E-state index contributed by atoms with van der Waals surface area (Å²) >= 11 is 0. The molecule has 1 heterocycles. The van der Waals surface area contributed by atoms with E-state index in [1.54, 1.807) is 4.90 Å². The van der Waals surface area contributed by atoms with Gasteiger partial charge in [0.25, 0.3) is 0 Å². The Kier molecular flexibility index (Phi) is 5.08. The van der Waals surface area contributed by atoms with Crippen molar-refractivity contribution in [2.24, 2.45) is 5.41 Å². The summed E-state index contributed by atoms with van der Waals surface area (Å²) in [4.78, 5) is 27.9. The van der Waals surface area contributed by atoms with Crippen molar-refractivity contribution < 1.29 is 14.7 Å². The molecule has 1 atom stereocenters. The van der Waals surface area contributed by atoms with Crippen LogP contribution in [-0.2, 0) is 4.79 Å². The summed E-state index contributed by atoms with van der Waals surface area (Å²) in [5.41, 5.74) is -0.744. The summed E-state index contributed by atoms with van der Waals surface area (Å²) in [7, 11) is 0. The minimum Gasteiger partial charge on any atom is -0.481 e. The van der Waals surface area contributed by atoms with Crippen molar-refractivity contribution in [3.63, 3.8) is 0 Å². The lowest BCUT2D eigenvalue weighted by Gasteiger charge is -2.39. The molecule has 2 rings (SSSR count). The molecule has 0 bridgehead atoms. The second kappa shape index (κ2) is 6.64. The van der Waals surface area contributed by atoms with Crippen LogP contribution in [0.2, 0.25) is 0 Å². The van der Waals surface area contributed by atoms with Crippen LogP contribution in [0.1, 0.15) is 39.5 Å². The van der Waals surface area contributed by atoms with Gasteiger partial charge in [-0.1, -0.05) is 19.8 Å². The van der Waals surface area contributed by atoms with Gasteiger partial charge in [-0.25, -0.2) is 4.79 Å². The van der Waals surface area contributed by atoms with Gasteiger partial charge in [-0.05, 0) is 26.3 Å². The number of carbonyl (C=O) groups is 2. The van der Waals surface area contributed by atoms with Crippen LogP contribution < -0.4 is 5.32 Å². The van der Waals surface area contributed by atoms with Crippen molar-refractivity contribution in [2.45, 2.75) is 45.6 Å². The molecular weight excluding hydrogens is 270 g/mol. The zero-order valence-electron chi connectivity index (χ0n) is 13.1. The number of urea groups is 1. The van der Waals surface area contributed by atoms with Crippen molar-refractivity contribution >= 4 is 12.0 Å². The van der Waals surface area contributed by atoms with Crippen LogP contribution in [0.15, 0.2) is 0 Å². The molecule has 2 amide bonds. The predicted octanol–water partition coefficient (Wildman–Crippen LogP) is 1.37. The number of nitrogens with one attached hydrogen (secondary N) is 1. The molecule has 1 saturated heterocycles. The van der Waals surface area contributed by atoms with Crippen LogP contribution in [0.3, 0.4) is 0 Å². The normalized spacial score (nSPS) is 25.8. The minimum atomic E-state index is -0.774. The fourth-order valence-corrected chi connectivity index (χ4v) is 3.52. The van der Waals surface area contributed by atoms with Gasteiger partial charge >= 0.3 is 12.0 Å². The third kappa shape index (κ3) is 3.48. The molecule has 120 valence electrons. The van der Waals surface area contributed by atoms with E-state index < -0.39 is 11.4 Å². The molecule has 0 aromatic rings. The zero-order chi connectivity index (χ0) is 15.5. The summed E-state index contributed by atoms with van der Waals surface area (Å²) in [6, 6.07) is 0.236. The second-order valence-corrected chi connectivity index (χ2v) is 6.37. The summed E-state index contributed by atoms with van der Waals surface area (Å²) in [5.74, 6) is -0.774. The Balaban J connectivity index is 1.86. The second-order valence-electron chi connectivity index (χ2n) is 6.37. The van der Waals surface area contributed by atoms with Crippen LogP contribution in [-0.4, -0.2) is 65.7 Å². The number of nitrogens with zero attached hydrogens (tertiary/aromatic N) is 2. The fraction of sp³-hybridized carbons (Fsp3) is 0.867. The lowest BCUT2D eigenvalue weighted by atomic mass is 9.86. The Bertz CT molecular complexity index is 394. The van der Waals surface area contributed by atoms with Crippen molar-refractivity contribution in [1.29, 1.82) is 0 Å². The Morgan fingerprint density at radius 1 is 1.29 bits per heavy atom. The van der Waals surface area contributed by atoms with Crippen molar-refractivity contribution in [3.05, 3.63) is 0 Å². The molecule has 6 nitrogen and oxygen atoms in total. The van der Waals surface area contributed by atoms with Gasteiger partial charge in [-0.3, -0.25) is 9.69 Å². The zero-order valence-corrected chi connectivity index (χ0v) is 13.1. The van der Waals surface area contributed by atoms with Gasteiger partial charge in [-0.15, -0.1) is 0 Å². The molecule has 0 aromatic carbocycles. The van der Waals surface area contributed by atoms with Gasteiger partial charge in [-0.2, -0.15) is 0 Å². The monoisotopic (exact) mass is 297 g/mol. The molecule has 6 heteroatoms. The van der Waals surface area contributed by atoms with Crippen molar-refractivity contribution in [1.82, 2.24) is 15.1 Å². The first-order valence-electron chi connectivity index (χ1n) is 7.99. The van der Waals surface area contributed by atoms with Gasteiger partial charge in [0.2, 0.25) is 0 Å². The number of likely N-dealkylation sites (N-methyl/N-ethyl adjacent to an activating group) is 1. The lowest BCUT2D eigenvalue weighted by molar-refractivity contribution is -0.148. The highest BCUT2D eigenvalue weighted by molar-refractivity contribution is 5.78. The number of piperazine rings is 1. The molecule has 21 heavy (non-hydrogen) atoms. The Morgan fingerprint density at radius 3 is 2.48 bits per heavy atom. The predicted molar refractivity (Wildman–Crippen MR) is 80.2 cm³/mol. The van der Waals surface area contributed by atoms with E-state index in [1.165, 1.54) is 0 Å². The lowest BCUT2D eigenvalue weighted by Crippen LogP contribution is -2.56. The Morgan fingerprint density at radius 2 is 1.95 bits per heavy atom. The highest BCUT2D eigenvalue weighted by Gasteiger charge is 2.41. The molecule has 0 aromatic heterocycles. The van der Waals surface area contributed by atoms with E-state index in [4.69, 9.17) is 0 Å². The number of aliphatic carboxylic acids is 1. The molecule has 0 spiro atoms. The Labute approximate surface area is 126 Å². The van der Waals surface area contributed by atoms with Gasteiger partial charge in [0, 0.05) is 32.2 Å². The van der Waals surface area contributed by atoms with E-state index in [1.807, 2.05) is 0 Å². The smallest absolute Gasteiger partial charge is 0.317 e. The average molecular weight is 297 g/mol. The van der Waals surface area contributed by atoms with Gasteiger partial charge in [0.1, 0.15) is 0 Å². The Hall–Kier alpha value is -1.30. The summed E-state index contributed by atoms with van der Waals surface area (Å²) in [6.45, 7) is 7.81. The minimum absolute atomic E-state index is 0.120. The molecule has 1 aliphatic heterocycles. The van der Waals surface area contributed by atoms with Gasteiger partial charge in [0.15, 0.2) is 0 Å². The number of hydrogen-bond donors (Lipinski definition) is 2. The molecular formula is C15H27N3O3. The van der Waals surface area contributed by atoms with Crippen LogP contribution in [0, 0.1) is 5.41 Å². The van der Waals surface area contributed by atoms with Crippen LogP contribution >= 0.6 is 0 Å². The molecule has 1 saturated carbocycles. The van der Waals surface area contributed by atoms with Gasteiger partial charge in [0.05, 0.1) is 5.41 Å². The van der Waals surface area contributed by atoms with Crippen LogP contribution in [0.5, 0.6) is 0 Å². The molecule has 0 radical (unpaired) electrons. The number of rotatable bonds is 4. The molecule has 2 aliphatic rings. The SMILES string of the molecule is CCN1CCN(C(=O)NCC2(C(=O)O)CCCC2)CC1C. The first-order chi connectivity index (χ1) is 9.98. The van der Waals surface area contributed by atoms with Crippen molar-refractivity contribution in [2.75, 3.05) is 32.7 Å². The summed E-state index contributed by atoms with van der Waals surface area (Å²) in [5, 5.41) is 12.3. The number of carboxylic acid groups (broad SMARTS) is 1. The first kappa shape index (κ1) is 16.1. The quantitative estimate of drug-likeness (QED) is 0.822. The van der Waals surface area contributed by atoms with Crippen LogP contribution in [0.25, 0.3) is 0 Å². The van der Waals surface area contributed by atoms with E-state index in [0.717, 1.165) is 25.9 Å². The highest BCUT2D eigenvalue weighted by atomic mass is 16.4. The number of carboxylic acids is 1. The fourth-order valence-electron chi connectivity index (χ4n) is 3.52. The molecule has 1 aliphatic carbocycles. The van der Waals surface area contributed by atoms with E-state index in [0.29, 0.717) is 32.0 Å². The van der Waals surface area contributed by atoms with E-state index in [2.05, 4.69) is 24.1 Å². The summed E-state index contributed by atoms with van der Waals surface area (Å²) < 4.78 is 0. The summed E-state index contributed by atoms with van der Waals surface area (Å²) in [6.07, 6.45) is 3.22. The number of hydrogen-bond acceptors (Lipinski definition) is 3. The molecule has 2 N–H and O–H groups in total. The standard InChI is InChI=1S/C15H27N3O3/c1-3-17-8-9-18(10-12(17)2)14(21)16-11-15(13(19)20)6-4-5-7-15/h12H,3-11H2,1-2H3,(H,16,21)(H,19,20).